The van der Waals surface area contributed by atoms with Crippen molar-refractivity contribution >= 4 is 34.6 Å². The van der Waals surface area contributed by atoms with Crippen LogP contribution in [0.5, 0.6) is 0 Å². The Morgan fingerprint density at radius 2 is 1.90 bits per heavy atom. The SMILES string of the molecule is Cc1nc(C(NC(=O)Nc2ccc(CN3C(=O)CSC3=O)cc2)c2ccccc2)n[nH]1. The maximum absolute atomic E-state index is 12.6. The van der Waals surface area contributed by atoms with Gasteiger partial charge in [-0.2, -0.15) is 5.10 Å². The van der Waals surface area contributed by atoms with Gasteiger partial charge in [-0.3, -0.25) is 19.6 Å². The summed E-state index contributed by atoms with van der Waals surface area (Å²) in [6.07, 6.45) is 0. The minimum absolute atomic E-state index is 0.186. The van der Waals surface area contributed by atoms with Gasteiger partial charge in [0.1, 0.15) is 11.9 Å². The van der Waals surface area contributed by atoms with Gasteiger partial charge in [-0.15, -0.1) is 0 Å². The van der Waals surface area contributed by atoms with Crippen LogP contribution >= 0.6 is 11.8 Å². The maximum atomic E-state index is 12.6. The molecule has 0 bridgehead atoms. The summed E-state index contributed by atoms with van der Waals surface area (Å²) < 4.78 is 0. The average Bonchev–Trinajstić information content (AvgIpc) is 3.34. The van der Waals surface area contributed by atoms with E-state index in [2.05, 4.69) is 25.8 Å². The van der Waals surface area contributed by atoms with Crippen LogP contribution in [0.25, 0.3) is 0 Å². The van der Waals surface area contributed by atoms with Crippen molar-refractivity contribution in [3.63, 3.8) is 0 Å². The van der Waals surface area contributed by atoms with Gasteiger partial charge < -0.3 is 10.6 Å². The Kier molecular flexibility index (Phi) is 5.99. The van der Waals surface area contributed by atoms with Crippen LogP contribution in [-0.2, 0) is 11.3 Å². The minimum Gasteiger partial charge on any atom is -0.324 e. The fraction of sp³-hybridized carbons (Fsp3) is 0.190. The number of nitrogens with zero attached hydrogens (tertiary/aromatic N) is 3. The molecule has 0 saturated carbocycles. The third-order valence-electron chi connectivity index (χ3n) is 4.67. The molecule has 4 amide bonds. The summed E-state index contributed by atoms with van der Waals surface area (Å²) >= 11 is 1.01. The van der Waals surface area contributed by atoms with E-state index in [4.69, 9.17) is 0 Å². The molecule has 0 spiro atoms. The van der Waals surface area contributed by atoms with Crippen LogP contribution in [0.4, 0.5) is 15.3 Å². The van der Waals surface area contributed by atoms with Gasteiger partial charge in [-0.1, -0.05) is 54.2 Å². The molecule has 1 fully saturated rings. The molecule has 3 aromatic rings. The lowest BCUT2D eigenvalue weighted by molar-refractivity contribution is -0.125. The van der Waals surface area contributed by atoms with E-state index in [0.717, 1.165) is 22.9 Å². The number of carbonyl (C=O) groups is 3. The highest BCUT2D eigenvalue weighted by molar-refractivity contribution is 8.14. The van der Waals surface area contributed by atoms with Gasteiger partial charge in [0.15, 0.2) is 5.82 Å². The number of urea groups is 1. The Morgan fingerprint density at radius 3 is 2.52 bits per heavy atom. The van der Waals surface area contributed by atoms with Crippen LogP contribution in [0, 0.1) is 6.92 Å². The van der Waals surface area contributed by atoms with Crippen LogP contribution in [0.3, 0.4) is 0 Å². The molecule has 1 unspecified atom stereocenters. The Labute approximate surface area is 182 Å². The number of aryl methyl sites for hydroxylation is 1. The fourth-order valence-corrected chi connectivity index (χ4v) is 3.86. The molecule has 31 heavy (non-hydrogen) atoms. The van der Waals surface area contributed by atoms with E-state index in [1.165, 1.54) is 4.90 Å². The van der Waals surface area contributed by atoms with Crippen molar-refractivity contribution in [2.45, 2.75) is 19.5 Å². The third-order valence-corrected chi connectivity index (χ3v) is 5.53. The number of imide groups is 1. The van der Waals surface area contributed by atoms with Crippen molar-refractivity contribution in [1.29, 1.82) is 0 Å². The van der Waals surface area contributed by atoms with Gasteiger partial charge in [0.25, 0.3) is 5.24 Å². The molecular formula is C21H20N6O3S. The highest BCUT2D eigenvalue weighted by Crippen LogP contribution is 2.22. The lowest BCUT2D eigenvalue weighted by Crippen LogP contribution is -2.33. The Morgan fingerprint density at radius 1 is 1.16 bits per heavy atom. The van der Waals surface area contributed by atoms with Crippen LogP contribution in [0.1, 0.15) is 28.8 Å². The van der Waals surface area contributed by atoms with Crippen molar-refractivity contribution in [3.8, 4) is 0 Å². The first-order valence-electron chi connectivity index (χ1n) is 9.57. The number of amides is 4. The highest BCUT2D eigenvalue weighted by atomic mass is 32.2. The second-order valence-corrected chi connectivity index (χ2v) is 7.88. The Balaban J connectivity index is 1.42. The molecule has 10 heteroatoms. The molecule has 0 radical (unpaired) electrons. The van der Waals surface area contributed by atoms with Crippen molar-refractivity contribution in [2.75, 3.05) is 11.1 Å². The van der Waals surface area contributed by atoms with Gasteiger partial charge in [0, 0.05) is 5.69 Å². The van der Waals surface area contributed by atoms with E-state index < -0.39 is 12.1 Å². The van der Waals surface area contributed by atoms with Crippen molar-refractivity contribution in [3.05, 3.63) is 77.4 Å². The maximum Gasteiger partial charge on any atom is 0.320 e. The number of nitrogens with one attached hydrogen (secondary N) is 3. The molecule has 158 valence electrons. The molecule has 3 N–H and O–H groups in total. The summed E-state index contributed by atoms with van der Waals surface area (Å²) in [6.45, 7) is 2.01. The lowest BCUT2D eigenvalue weighted by Gasteiger charge is -2.17. The van der Waals surface area contributed by atoms with Crippen LogP contribution in [0.2, 0.25) is 0 Å². The number of hydrogen-bond donors (Lipinski definition) is 3. The van der Waals surface area contributed by atoms with Crippen LogP contribution in [0.15, 0.2) is 54.6 Å². The zero-order valence-corrected chi connectivity index (χ0v) is 17.5. The quantitative estimate of drug-likeness (QED) is 0.546. The number of carbonyl (C=O) groups excluding carboxylic acids is 3. The predicted octanol–water partition coefficient (Wildman–Crippen LogP) is 3.22. The zero-order valence-electron chi connectivity index (χ0n) is 16.7. The third kappa shape index (κ3) is 4.92. The molecule has 4 rings (SSSR count). The number of thioether (sulfide) groups is 1. The fourth-order valence-electron chi connectivity index (χ4n) is 3.14. The van der Waals surface area contributed by atoms with Crippen molar-refractivity contribution in [2.24, 2.45) is 0 Å². The monoisotopic (exact) mass is 436 g/mol. The number of aromatic amines is 1. The molecule has 1 saturated heterocycles. The van der Waals surface area contributed by atoms with E-state index in [0.29, 0.717) is 17.3 Å². The normalized spacial score (nSPS) is 14.5. The first-order valence-corrected chi connectivity index (χ1v) is 10.6. The van der Waals surface area contributed by atoms with Gasteiger partial charge in [-0.25, -0.2) is 9.78 Å². The topological polar surface area (TPSA) is 120 Å². The highest BCUT2D eigenvalue weighted by Gasteiger charge is 2.29. The predicted molar refractivity (Wildman–Crippen MR) is 116 cm³/mol. The van der Waals surface area contributed by atoms with Gasteiger partial charge in [0.2, 0.25) is 5.91 Å². The zero-order chi connectivity index (χ0) is 21.8. The average molecular weight is 436 g/mol. The molecule has 1 aliphatic heterocycles. The summed E-state index contributed by atoms with van der Waals surface area (Å²) in [7, 11) is 0. The standard InChI is InChI=1S/C21H20N6O3S/c1-13-22-19(26-25-13)18(15-5-3-2-4-6-15)24-20(29)23-16-9-7-14(8-10-16)11-27-17(28)12-31-21(27)30/h2-10,18H,11-12H2,1H3,(H,22,25,26)(H2,23,24,29). The van der Waals surface area contributed by atoms with E-state index in [-0.39, 0.29) is 23.4 Å². The largest absolute Gasteiger partial charge is 0.324 e. The van der Waals surface area contributed by atoms with Crippen LogP contribution < -0.4 is 10.6 Å². The van der Waals surface area contributed by atoms with Gasteiger partial charge >= 0.3 is 6.03 Å². The number of rotatable bonds is 6. The summed E-state index contributed by atoms with van der Waals surface area (Å²) in [6, 6.07) is 15.5. The van der Waals surface area contributed by atoms with Gasteiger partial charge in [0.05, 0.1) is 12.3 Å². The molecule has 0 aliphatic carbocycles. The molecule has 1 aromatic heterocycles. The molecule has 1 aliphatic rings. The van der Waals surface area contributed by atoms with Gasteiger partial charge in [-0.05, 0) is 30.2 Å². The van der Waals surface area contributed by atoms with Crippen molar-refractivity contribution < 1.29 is 14.4 Å². The van der Waals surface area contributed by atoms with E-state index in [1.54, 1.807) is 31.2 Å². The number of hydrogen-bond acceptors (Lipinski definition) is 6. The number of benzene rings is 2. The summed E-state index contributed by atoms with van der Waals surface area (Å²) in [5.74, 6) is 1.12. The summed E-state index contributed by atoms with van der Waals surface area (Å²) in [4.78, 5) is 41.7. The molecule has 1 atom stereocenters. The first-order chi connectivity index (χ1) is 15.0. The van der Waals surface area contributed by atoms with Crippen molar-refractivity contribution in [1.82, 2.24) is 25.4 Å². The van der Waals surface area contributed by atoms with Crippen LogP contribution in [-0.4, -0.2) is 43.0 Å². The number of aromatic nitrogens is 3. The van der Waals surface area contributed by atoms with E-state index >= 15 is 0 Å². The second-order valence-electron chi connectivity index (χ2n) is 6.95. The molecule has 2 heterocycles. The molecular weight excluding hydrogens is 416 g/mol. The smallest absolute Gasteiger partial charge is 0.320 e. The first kappa shape index (κ1) is 20.6. The molecule has 2 aromatic carbocycles. The Bertz CT molecular complexity index is 1080. The molecule has 9 nitrogen and oxygen atoms in total. The Hall–Kier alpha value is -3.66. The summed E-state index contributed by atoms with van der Waals surface area (Å²) in [5, 5.41) is 12.4. The summed E-state index contributed by atoms with van der Waals surface area (Å²) in [5.41, 5.74) is 2.23. The minimum atomic E-state index is -0.518. The number of H-pyrrole nitrogens is 1. The lowest BCUT2D eigenvalue weighted by atomic mass is 10.1. The number of anilines is 1. The van der Waals surface area contributed by atoms with E-state index in [9.17, 15) is 14.4 Å². The second kappa shape index (κ2) is 9.00. The van der Waals surface area contributed by atoms with E-state index in [1.807, 2.05) is 30.3 Å².